The molecule has 1 aromatic carbocycles. The van der Waals surface area contributed by atoms with Crippen molar-refractivity contribution < 1.29 is 14.1 Å². The van der Waals surface area contributed by atoms with Crippen LogP contribution in [0.15, 0.2) is 34.9 Å². The predicted octanol–water partition coefficient (Wildman–Crippen LogP) is 1.87. The van der Waals surface area contributed by atoms with E-state index in [1.165, 1.54) is 0 Å². The standard InChI is InChI=1S/C19H25N5O3/c1-14-4-3-5-16(12-14)21-19(26)20-6-7-23-8-10-24(11-9-23)18(25)17-13-15(2)27-22-17/h3-5,12-13H,6-11H2,1-2H3,(H2,20,21,26). The van der Waals surface area contributed by atoms with Crippen LogP contribution in [0, 0.1) is 13.8 Å². The zero-order valence-electron chi connectivity index (χ0n) is 15.7. The molecule has 144 valence electrons. The Hall–Kier alpha value is -2.87. The predicted molar refractivity (Wildman–Crippen MR) is 102 cm³/mol. The molecule has 0 bridgehead atoms. The average Bonchev–Trinajstić information content (AvgIpc) is 3.08. The van der Waals surface area contributed by atoms with Gasteiger partial charge in [0.15, 0.2) is 5.69 Å². The molecule has 3 rings (SSSR count). The van der Waals surface area contributed by atoms with Crippen molar-refractivity contribution in [2.45, 2.75) is 13.8 Å². The fourth-order valence-corrected chi connectivity index (χ4v) is 3.03. The van der Waals surface area contributed by atoms with E-state index in [2.05, 4.69) is 20.7 Å². The lowest BCUT2D eigenvalue weighted by atomic mass is 10.2. The number of anilines is 1. The molecule has 2 heterocycles. The van der Waals surface area contributed by atoms with E-state index >= 15 is 0 Å². The first-order valence-corrected chi connectivity index (χ1v) is 9.08. The van der Waals surface area contributed by atoms with Crippen LogP contribution in [-0.2, 0) is 0 Å². The number of carbonyl (C=O) groups is 2. The average molecular weight is 371 g/mol. The van der Waals surface area contributed by atoms with Crippen LogP contribution in [0.1, 0.15) is 21.8 Å². The fourth-order valence-electron chi connectivity index (χ4n) is 3.03. The van der Waals surface area contributed by atoms with Gasteiger partial charge in [-0.25, -0.2) is 4.79 Å². The van der Waals surface area contributed by atoms with Crippen LogP contribution < -0.4 is 10.6 Å². The van der Waals surface area contributed by atoms with Crippen molar-refractivity contribution in [3.63, 3.8) is 0 Å². The quantitative estimate of drug-likeness (QED) is 0.837. The van der Waals surface area contributed by atoms with Crippen LogP contribution in [0.2, 0.25) is 0 Å². The fraction of sp³-hybridized carbons (Fsp3) is 0.421. The molecule has 3 amide bonds. The Morgan fingerprint density at radius 2 is 1.93 bits per heavy atom. The number of benzene rings is 1. The third-order valence-electron chi connectivity index (χ3n) is 4.50. The van der Waals surface area contributed by atoms with Crippen LogP contribution in [0.25, 0.3) is 0 Å². The summed E-state index contributed by atoms with van der Waals surface area (Å²) < 4.78 is 4.97. The van der Waals surface area contributed by atoms with E-state index in [9.17, 15) is 9.59 Å². The van der Waals surface area contributed by atoms with Crippen molar-refractivity contribution in [2.75, 3.05) is 44.6 Å². The Morgan fingerprint density at radius 1 is 1.15 bits per heavy atom. The number of piperazine rings is 1. The molecule has 0 radical (unpaired) electrons. The molecule has 0 spiro atoms. The van der Waals surface area contributed by atoms with Crippen LogP contribution in [0.5, 0.6) is 0 Å². The molecule has 1 aliphatic heterocycles. The molecule has 8 nitrogen and oxygen atoms in total. The van der Waals surface area contributed by atoms with Gasteiger partial charge in [-0.1, -0.05) is 17.3 Å². The summed E-state index contributed by atoms with van der Waals surface area (Å²) in [6.45, 7) is 7.86. The van der Waals surface area contributed by atoms with Gasteiger partial charge in [-0.15, -0.1) is 0 Å². The van der Waals surface area contributed by atoms with Gasteiger partial charge >= 0.3 is 6.03 Å². The number of urea groups is 1. The van der Waals surface area contributed by atoms with E-state index in [0.29, 0.717) is 31.1 Å². The van der Waals surface area contributed by atoms with E-state index < -0.39 is 0 Å². The monoisotopic (exact) mass is 371 g/mol. The number of aryl methyl sites for hydroxylation is 2. The number of hydrogen-bond donors (Lipinski definition) is 2. The number of rotatable bonds is 5. The highest BCUT2D eigenvalue weighted by atomic mass is 16.5. The molecule has 27 heavy (non-hydrogen) atoms. The highest BCUT2D eigenvalue weighted by Crippen LogP contribution is 2.10. The summed E-state index contributed by atoms with van der Waals surface area (Å²) in [5.74, 6) is 0.536. The van der Waals surface area contributed by atoms with E-state index in [1.54, 1.807) is 17.9 Å². The molecule has 1 aromatic heterocycles. The van der Waals surface area contributed by atoms with Crippen molar-refractivity contribution in [1.82, 2.24) is 20.3 Å². The number of carbonyl (C=O) groups excluding carboxylic acids is 2. The topological polar surface area (TPSA) is 90.7 Å². The smallest absolute Gasteiger partial charge is 0.319 e. The van der Waals surface area contributed by atoms with Crippen molar-refractivity contribution in [2.24, 2.45) is 0 Å². The number of aromatic nitrogens is 1. The van der Waals surface area contributed by atoms with Crippen LogP contribution >= 0.6 is 0 Å². The molecule has 8 heteroatoms. The van der Waals surface area contributed by atoms with E-state index in [0.717, 1.165) is 30.9 Å². The van der Waals surface area contributed by atoms with Crippen LogP contribution in [0.4, 0.5) is 10.5 Å². The first-order chi connectivity index (χ1) is 13.0. The van der Waals surface area contributed by atoms with Gasteiger partial charge in [0.25, 0.3) is 5.91 Å². The molecule has 2 aromatic rings. The first kappa shape index (κ1) is 18.9. The summed E-state index contributed by atoms with van der Waals surface area (Å²) >= 11 is 0. The van der Waals surface area contributed by atoms with Gasteiger partial charge in [0.2, 0.25) is 0 Å². The Kier molecular flexibility index (Phi) is 6.08. The molecule has 1 saturated heterocycles. The SMILES string of the molecule is Cc1cccc(NC(=O)NCCN2CCN(C(=O)c3cc(C)on3)CC2)c1. The van der Waals surface area contributed by atoms with Crippen molar-refractivity contribution >= 4 is 17.6 Å². The lowest BCUT2D eigenvalue weighted by Crippen LogP contribution is -2.50. The molecule has 0 aliphatic carbocycles. The Morgan fingerprint density at radius 3 is 2.59 bits per heavy atom. The summed E-state index contributed by atoms with van der Waals surface area (Å²) in [4.78, 5) is 28.3. The maximum absolute atomic E-state index is 12.3. The van der Waals surface area contributed by atoms with Crippen molar-refractivity contribution in [3.05, 3.63) is 47.3 Å². The molecule has 1 fully saturated rings. The second kappa shape index (κ2) is 8.68. The summed E-state index contributed by atoms with van der Waals surface area (Å²) in [7, 11) is 0. The normalized spacial score (nSPS) is 14.8. The van der Waals surface area contributed by atoms with E-state index in [4.69, 9.17) is 4.52 Å². The van der Waals surface area contributed by atoms with Crippen molar-refractivity contribution in [1.29, 1.82) is 0 Å². The minimum atomic E-state index is -0.212. The van der Waals surface area contributed by atoms with Gasteiger partial charge in [0, 0.05) is 51.0 Å². The molecule has 0 atom stereocenters. The third kappa shape index (κ3) is 5.30. The molecule has 0 saturated carbocycles. The zero-order valence-corrected chi connectivity index (χ0v) is 15.7. The summed E-state index contributed by atoms with van der Waals surface area (Å²) in [6.07, 6.45) is 0. The van der Waals surface area contributed by atoms with Gasteiger partial charge in [-0.05, 0) is 31.5 Å². The third-order valence-corrected chi connectivity index (χ3v) is 4.50. The minimum absolute atomic E-state index is 0.0952. The number of amides is 3. The van der Waals surface area contributed by atoms with Gasteiger partial charge in [-0.3, -0.25) is 9.69 Å². The summed E-state index contributed by atoms with van der Waals surface area (Å²) in [6, 6.07) is 9.12. The number of nitrogens with one attached hydrogen (secondary N) is 2. The maximum atomic E-state index is 12.3. The molecular weight excluding hydrogens is 346 g/mol. The Bertz CT molecular complexity index is 796. The van der Waals surface area contributed by atoms with Gasteiger partial charge in [0.1, 0.15) is 5.76 Å². The van der Waals surface area contributed by atoms with E-state index in [-0.39, 0.29) is 11.9 Å². The lowest BCUT2D eigenvalue weighted by molar-refractivity contribution is 0.0629. The van der Waals surface area contributed by atoms with E-state index in [1.807, 2.05) is 31.2 Å². The molecule has 1 aliphatic rings. The van der Waals surface area contributed by atoms with Crippen LogP contribution in [0.3, 0.4) is 0 Å². The van der Waals surface area contributed by atoms with Gasteiger partial charge in [0.05, 0.1) is 0 Å². The maximum Gasteiger partial charge on any atom is 0.319 e. The molecule has 0 unspecified atom stereocenters. The molecular formula is C19H25N5O3. The van der Waals surface area contributed by atoms with Gasteiger partial charge < -0.3 is 20.1 Å². The number of nitrogens with zero attached hydrogens (tertiary/aromatic N) is 3. The first-order valence-electron chi connectivity index (χ1n) is 9.08. The Labute approximate surface area is 158 Å². The highest BCUT2D eigenvalue weighted by molar-refractivity contribution is 5.92. The summed E-state index contributed by atoms with van der Waals surface area (Å²) in [5, 5.41) is 9.48. The summed E-state index contributed by atoms with van der Waals surface area (Å²) in [5.41, 5.74) is 2.24. The second-order valence-electron chi connectivity index (χ2n) is 6.71. The molecule has 2 N–H and O–H groups in total. The van der Waals surface area contributed by atoms with Gasteiger partial charge in [-0.2, -0.15) is 0 Å². The Balaban J connectivity index is 1.36. The largest absolute Gasteiger partial charge is 0.361 e. The van der Waals surface area contributed by atoms with Crippen molar-refractivity contribution in [3.8, 4) is 0 Å². The zero-order chi connectivity index (χ0) is 19.2. The number of hydrogen-bond acceptors (Lipinski definition) is 5. The highest BCUT2D eigenvalue weighted by Gasteiger charge is 2.24. The second-order valence-corrected chi connectivity index (χ2v) is 6.71. The minimum Gasteiger partial charge on any atom is -0.361 e. The lowest BCUT2D eigenvalue weighted by Gasteiger charge is -2.34. The van der Waals surface area contributed by atoms with Crippen LogP contribution in [-0.4, -0.2) is 66.2 Å².